The summed E-state index contributed by atoms with van der Waals surface area (Å²) in [6.07, 6.45) is 1.87. The average Bonchev–Trinajstić information content (AvgIpc) is 3.01. The van der Waals surface area contributed by atoms with Gasteiger partial charge in [-0.15, -0.1) is 0 Å². The highest BCUT2D eigenvalue weighted by Gasteiger charge is 2.39. The van der Waals surface area contributed by atoms with E-state index in [2.05, 4.69) is 55.0 Å². The van der Waals surface area contributed by atoms with Crippen molar-refractivity contribution in [2.75, 3.05) is 0 Å². The van der Waals surface area contributed by atoms with Crippen molar-refractivity contribution in [3.05, 3.63) is 58.9 Å². The number of hydrogen-bond donors (Lipinski definition) is 0. The Morgan fingerprint density at radius 1 is 1.04 bits per heavy atom. The minimum Gasteiger partial charge on any atom is -0.438 e. The fourth-order valence-corrected chi connectivity index (χ4v) is 4.31. The molecule has 24 heavy (non-hydrogen) atoms. The van der Waals surface area contributed by atoms with E-state index in [0.717, 1.165) is 28.1 Å². The molecule has 0 amide bonds. The molecular formula is C21H18N2O. The van der Waals surface area contributed by atoms with Crippen molar-refractivity contribution in [1.29, 1.82) is 0 Å². The van der Waals surface area contributed by atoms with Crippen molar-refractivity contribution in [3.8, 4) is 11.3 Å². The van der Waals surface area contributed by atoms with Gasteiger partial charge >= 0.3 is 0 Å². The highest BCUT2D eigenvalue weighted by molar-refractivity contribution is 6.11. The summed E-state index contributed by atoms with van der Waals surface area (Å²) in [5, 5.41) is 2.32. The largest absolute Gasteiger partial charge is 0.438 e. The van der Waals surface area contributed by atoms with Gasteiger partial charge in [-0.2, -0.15) is 0 Å². The Balaban J connectivity index is 2.03. The quantitative estimate of drug-likeness (QED) is 0.442. The zero-order chi connectivity index (χ0) is 16.6. The summed E-state index contributed by atoms with van der Waals surface area (Å²) in [5.74, 6) is 0. The summed E-state index contributed by atoms with van der Waals surface area (Å²) in [6.45, 7) is 8.69. The number of rotatable bonds is 0. The molecule has 3 aromatic heterocycles. The van der Waals surface area contributed by atoms with Crippen LogP contribution in [0.1, 0.15) is 36.2 Å². The molecule has 0 saturated carbocycles. The Hall–Kier alpha value is -2.68. The van der Waals surface area contributed by atoms with E-state index in [9.17, 15) is 0 Å². The van der Waals surface area contributed by atoms with Crippen LogP contribution in [0.15, 0.2) is 40.9 Å². The number of furan rings is 1. The number of benzene rings is 1. The smallest absolute Gasteiger partial charge is 0.227 e. The van der Waals surface area contributed by atoms with Crippen LogP contribution in [0, 0.1) is 13.8 Å². The van der Waals surface area contributed by atoms with Crippen molar-refractivity contribution in [2.45, 2.75) is 33.1 Å². The lowest BCUT2D eigenvalue weighted by Crippen LogP contribution is -2.15. The second-order valence-corrected chi connectivity index (χ2v) is 7.25. The van der Waals surface area contributed by atoms with Gasteiger partial charge in [-0.1, -0.05) is 19.9 Å². The van der Waals surface area contributed by atoms with Crippen LogP contribution in [0.3, 0.4) is 0 Å². The van der Waals surface area contributed by atoms with Gasteiger partial charge in [-0.05, 0) is 54.8 Å². The second kappa shape index (κ2) is 4.23. The van der Waals surface area contributed by atoms with Gasteiger partial charge in [0.1, 0.15) is 5.58 Å². The van der Waals surface area contributed by atoms with Crippen LogP contribution in [0.2, 0.25) is 0 Å². The van der Waals surface area contributed by atoms with Crippen molar-refractivity contribution in [3.63, 3.8) is 0 Å². The molecule has 0 saturated heterocycles. The maximum atomic E-state index is 6.10. The molecule has 0 N–H and O–H groups in total. The fourth-order valence-electron chi connectivity index (χ4n) is 4.31. The molecule has 0 aliphatic heterocycles. The topological polar surface area (TPSA) is 38.9 Å². The summed E-state index contributed by atoms with van der Waals surface area (Å²) < 4.78 is 6.10. The van der Waals surface area contributed by atoms with Gasteiger partial charge in [0.15, 0.2) is 0 Å². The van der Waals surface area contributed by atoms with E-state index in [1.54, 1.807) is 0 Å². The molecule has 4 aromatic rings. The lowest BCUT2D eigenvalue weighted by Gasteiger charge is -2.21. The fraction of sp³-hybridized carbons (Fsp3) is 0.238. The van der Waals surface area contributed by atoms with Crippen molar-refractivity contribution in [1.82, 2.24) is 9.97 Å². The first-order valence-corrected chi connectivity index (χ1v) is 8.28. The molecule has 0 fully saturated rings. The van der Waals surface area contributed by atoms with Gasteiger partial charge in [0, 0.05) is 28.3 Å². The van der Waals surface area contributed by atoms with E-state index in [1.807, 2.05) is 19.2 Å². The van der Waals surface area contributed by atoms with Crippen molar-refractivity contribution >= 4 is 22.1 Å². The predicted molar refractivity (Wildman–Crippen MR) is 96.3 cm³/mol. The molecule has 0 unspecified atom stereocenters. The molecule has 0 radical (unpaired) electrons. The summed E-state index contributed by atoms with van der Waals surface area (Å²) in [6, 6.07) is 10.5. The molecule has 3 heterocycles. The van der Waals surface area contributed by atoms with Gasteiger partial charge in [-0.3, -0.25) is 4.98 Å². The maximum absolute atomic E-state index is 6.10. The summed E-state index contributed by atoms with van der Waals surface area (Å²) >= 11 is 0. The molecule has 0 spiro atoms. The second-order valence-electron chi connectivity index (χ2n) is 7.25. The number of pyridine rings is 2. The first-order chi connectivity index (χ1) is 11.5. The Kier molecular flexibility index (Phi) is 2.42. The van der Waals surface area contributed by atoms with Crippen LogP contribution in [0.5, 0.6) is 0 Å². The van der Waals surface area contributed by atoms with E-state index in [-0.39, 0.29) is 5.41 Å². The van der Waals surface area contributed by atoms with Gasteiger partial charge in [0.25, 0.3) is 0 Å². The average molecular weight is 314 g/mol. The van der Waals surface area contributed by atoms with Crippen LogP contribution < -0.4 is 0 Å². The van der Waals surface area contributed by atoms with Gasteiger partial charge in [0.05, 0.1) is 11.1 Å². The van der Waals surface area contributed by atoms with Crippen LogP contribution >= 0.6 is 0 Å². The highest BCUT2D eigenvalue weighted by atomic mass is 16.3. The Labute approximate surface area is 140 Å². The third kappa shape index (κ3) is 1.52. The van der Waals surface area contributed by atoms with E-state index in [1.165, 1.54) is 27.6 Å². The Morgan fingerprint density at radius 2 is 1.88 bits per heavy atom. The lowest BCUT2D eigenvalue weighted by molar-refractivity contribution is 0.647. The molecule has 118 valence electrons. The van der Waals surface area contributed by atoms with E-state index < -0.39 is 0 Å². The van der Waals surface area contributed by atoms with Crippen LogP contribution in [0.4, 0.5) is 0 Å². The van der Waals surface area contributed by atoms with Gasteiger partial charge < -0.3 is 4.42 Å². The number of aromatic nitrogens is 2. The minimum atomic E-state index is -0.105. The Bertz CT molecular complexity index is 1150. The van der Waals surface area contributed by atoms with Gasteiger partial charge in [-0.25, -0.2) is 4.98 Å². The first-order valence-electron chi connectivity index (χ1n) is 8.28. The molecule has 1 aromatic carbocycles. The third-order valence-electron chi connectivity index (χ3n) is 5.30. The minimum absolute atomic E-state index is 0.105. The maximum Gasteiger partial charge on any atom is 0.227 e. The highest BCUT2D eigenvalue weighted by Crippen LogP contribution is 2.52. The SMILES string of the molecule is Cc1cc(C)c2c(n1)oc1ccc3c(c12)C(C)(C)c1cccnc1-3. The third-order valence-corrected chi connectivity index (χ3v) is 5.30. The monoisotopic (exact) mass is 314 g/mol. The molecule has 5 rings (SSSR count). The van der Waals surface area contributed by atoms with Crippen molar-refractivity contribution in [2.24, 2.45) is 0 Å². The first kappa shape index (κ1) is 13.7. The molecular weight excluding hydrogens is 296 g/mol. The zero-order valence-electron chi connectivity index (χ0n) is 14.3. The van der Waals surface area contributed by atoms with Crippen LogP contribution in [0.25, 0.3) is 33.3 Å². The summed E-state index contributed by atoms with van der Waals surface area (Å²) in [4.78, 5) is 9.27. The van der Waals surface area contributed by atoms with E-state index in [0.29, 0.717) is 0 Å². The standard InChI is InChI=1S/C21H18N2O/c1-11-10-12(2)23-20-16(11)17-15(24-20)8-7-13-18(17)21(3,4)14-6-5-9-22-19(13)14/h5-10H,1-4H3. The number of nitrogens with zero attached hydrogens (tertiary/aromatic N) is 2. The normalized spacial score (nSPS) is 15.0. The summed E-state index contributed by atoms with van der Waals surface area (Å²) in [5.41, 5.74) is 8.62. The zero-order valence-corrected chi connectivity index (χ0v) is 14.3. The van der Waals surface area contributed by atoms with Crippen LogP contribution in [-0.4, -0.2) is 9.97 Å². The molecule has 3 heteroatoms. The van der Waals surface area contributed by atoms with Gasteiger partial charge in [0.2, 0.25) is 5.71 Å². The van der Waals surface area contributed by atoms with E-state index >= 15 is 0 Å². The molecule has 1 aliphatic rings. The summed E-state index contributed by atoms with van der Waals surface area (Å²) in [7, 11) is 0. The van der Waals surface area contributed by atoms with E-state index in [4.69, 9.17) is 4.42 Å². The molecule has 0 atom stereocenters. The number of hydrogen-bond acceptors (Lipinski definition) is 3. The molecule has 1 aliphatic carbocycles. The predicted octanol–water partition coefficient (Wildman–Crippen LogP) is 5.30. The molecule has 0 bridgehead atoms. The number of fused-ring (bicyclic) bond motifs is 7. The van der Waals surface area contributed by atoms with Crippen LogP contribution in [-0.2, 0) is 5.41 Å². The Morgan fingerprint density at radius 3 is 2.71 bits per heavy atom. The number of aryl methyl sites for hydroxylation is 2. The molecule has 3 nitrogen and oxygen atoms in total. The van der Waals surface area contributed by atoms with Crippen molar-refractivity contribution < 1.29 is 4.42 Å². The lowest BCUT2D eigenvalue weighted by atomic mass is 9.80.